The van der Waals surface area contributed by atoms with Gasteiger partial charge in [0, 0.05) is 127 Å². The second-order valence-corrected chi connectivity index (χ2v) is 26.8. The Morgan fingerprint density at radius 3 is 1.42 bits per heavy atom. The van der Waals surface area contributed by atoms with Crippen molar-refractivity contribution < 1.29 is 72.0 Å². The number of carbonyl (C=O) groups excluding carboxylic acids is 2. The number of rotatable bonds is 12. The smallest absolute Gasteiger partial charge is 1.00 e. The van der Waals surface area contributed by atoms with E-state index in [-0.39, 0.29) is 75.3 Å². The molecular formula is C71H78ClN8NaO12S2. The first-order chi connectivity index (χ1) is 44.6. The third kappa shape index (κ3) is 19.3. The number of para-hydroxylation sites is 3. The topological polar surface area (TPSA) is 322 Å². The summed E-state index contributed by atoms with van der Waals surface area (Å²) < 4.78 is 54.1. The van der Waals surface area contributed by atoms with Crippen LogP contribution in [-0.4, -0.2) is 81.7 Å². The van der Waals surface area contributed by atoms with Gasteiger partial charge in [-0.05, 0) is 159 Å². The Bertz CT molecular complexity index is 4960. The van der Waals surface area contributed by atoms with E-state index in [9.17, 15) is 45.6 Å². The molecule has 1 aliphatic rings. The molecule has 0 bridgehead atoms. The fourth-order valence-electron chi connectivity index (χ4n) is 11.0. The van der Waals surface area contributed by atoms with E-state index in [0.29, 0.717) is 63.9 Å². The second kappa shape index (κ2) is 34.1. The molecule has 7 heterocycles. The number of nitrogens with one attached hydrogen (secondary N) is 6. The van der Waals surface area contributed by atoms with Crippen LogP contribution in [0.4, 0.5) is 0 Å². The van der Waals surface area contributed by atoms with Gasteiger partial charge < -0.3 is 47.2 Å². The molecule has 0 aliphatic carbocycles. The first-order valence-electron chi connectivity index (χ1n) is 30.1. The van der Waals surface area contributed by atoms with Crippen molar-refractivity contribution in [3.8, 4) is 0 Å². The summed E-state index contributed by atoms with van der Waals surface area (Å²) in [6.45, 7) is 18.8. The van der Waals surface area contributed by atoms with Gasteiger partial charge in [0.15, 0.2) is 5.78 Å². The number of benzene rings is 5. The molecule has 1 fully saturated rings. The number of carbonyl (C=O) groups is 3. The van der Waals surface area contributed by atoms with Crippen LogP contribution in [0.1, 0.15) is 119 Å². The van der Waals surface area contributed by atoms with Crippen LogP contribution in [-0.2, 0) is 43.3 Å². The fraction of sp³-hybridized carbons (Fsp3) is 0.239. The predicted molar refractivity (Wildman–Crippen MR) is 371 cm³/mol. The maximum absolute atomic E-state index is 13.4. The molecular weight excluding hydrogens is 1280 g/mol. The van der Waals surface area contributed by atoms with Crippen molar-refractivity contribution in [1.29, 1.82) is 0 Å². The number of H-pyrrole nitrogens is 5. The van der Waals surface area contributed by atoms with Gasteiger partial charge in [0.05, 0.1) is 26.4 Å². The summed E-state index contributed by atoms with van der Waals surface area (Å²) >= 11 is 0. The molecule has 20 nitrogen and oxygen atoms in total. The van der Waals surface area contributed by atoms with Gasteiger partial charge in [0.25, 0.3) is 41.7 Å². The number of nitrogens with two attached hydrogens (primary N) is 1. The molecule has 1 amide bonds. The molecule has 0 radical (unpaired) electrons. The Morgan fingerprint density at radius 1 is 0.558 bits per heavy atom. The minimum Gasteiger partial charge on any atom is -1.00 e. The fourth-order valence-corrected chi connectivity index (χ4v) is 13.3. The van der Waals surface area contributed by atoms with E-state index in [1.165, 1.54) is 41.1 Å². The maximum Gasteiger partial charge on any atom is 1.00 e. The number of hydrogen-bond acceptors (Lipinski definition) is 12. The average molecular weight is 1360 g/mol. The van der Waals surface area contributed by atoms with Crippen molar-refractivity contribution in [3.63, 3.8) is 0 Å². The van der Waals surface area contributed by atoms with Gasteiger partial charge in [0.2, 0.25) is 0 Å². The number of ketones is 1. The van der Waals surface area contributed by atoms with Crippen molar-refractivity contribution in [1.82, 2.24) is 34.2 Å². The minimum absolute atomic E-state index is 0. The van der Waals surface area contributed by atoms with Gasteiger partial charge in [-0.1, -0.05) is 91.0 Å². The monoisotopic (exact) mass is 1360 g/mol. The summed E-state index contributed by atoms with van der Waals surface area (Å²) in [4.78, 5) is 87.0. The van der Waals surface area contributed by atoms with E-state index in [0.717, 1.165) is 80.0 Å². The zero-order chi connectivity index (χ0) is 68.6. The molecule has 12 rings (SSSR count). The average Bonchev–Trinajstić information content (AvgIpc) is 1.58. The molecule has 5 aromatic carbocycles. The van der Waals surface area contributed by atoms with Crippen LogP contribution in [0.15, 0.2) is 176 Å². The van der Waals surface area contributed by atoms with Crippen LogP contribution < -0.4 is 57.3 Å². The predicted octanol–water partition coefficient (Wildman–Crippen LogP) is 9.17. The molecule has 6 aromatic heterocycles. The molecule has 11 aromatic rings. The summed E-state index contributed by atoms with van der Waals surface area (Å²) in [6, 6.07) is 43.7. The molecule has 0 spiro atoms. The van der Waals surface area contributed by atoms with Crippen molar-refractivity contribution >= 4 is 80.1 Å². The van der Waals surface area contributed by atoms with Crippen LogP contribution in [0.25, 0.3) is 32.7 Å². The van der Waals surface area contributed by atoms with Crippen molar-refractivity contribution in [2.24, 2.45) is 5.73 Å². The molecule has 1 aliphatic heterocycles. The van der Waals surface area contributed by atoms with Crippen LogP contribution in [0, 0.1) is 62.3 Å². The van der Waals surface area contributed by atoms with Crippen molar-refractivity contribution in [2.45, 2.75) is 111 Å². The van der Waals surface area contributed by atoms with E-state index < -0.39 is 31.0 Å². The molecule has 9 N–H and O–H groups in total. The van der Waals surface area contributed by atoms with E-state index in [2.05, 4.69) is 30.2 Å². The Labute approximate surface area is 579 Å². The van der Waals surface area contributed by atoms with E-state index >= 15 is 0 Å². The van der Waals surface area contributed by atoms with E-state index in [4.69, 9.17) is 26.3 Å². The summed E-state index contributed by atoms with van der Waals surface area (Å²) in [7, 11) is -2.41. The van der Waals surface area contributed by atoms with Gasteiger partial charge in [-0.3, -0.25) is 24.0 Å². The standard InChI is InChI=1S/C24H23N3O4S.C19H20N2O2.C10H9NO2.C8H12N2O.C6H5ClO2S.C4H8O.Na.H/c1-15-13-16(2)26-23(28)20(15)14-25-24(29)22-17(3)27(21-12-8-7-11-19(21)22)32(30,31)18-9-5-4-6-10-18;1-11-10-12(2)20-19(23)14(11)8-9-17(22)18-13(3)21-16-7-5-4-6-15(16)18;1-6-9(10(12)13)7-4-2-3-5-8(7)11-6;1-5-3-6(2)10-8(11)7(5)4-9;7-10(8,9)6-4-2-1-3-5-6;1-2-4-5-3-1;;/h4-13H,14H2,1-3H3,(H,25,29)(H,26,28);4-7,10,21H,8-9H2,1-3H3,(H,20,23);2-5,11H,1H3,(H,12,13);3H,4,9H2,1-2H3,(H,10,11);1-5H;1-4H2;;/q;;;;;;+1;-1. The molecule has 24 heteroatoms. The van der Waals surface area contributed by atoms with E-state index in [1.54, 1.807) is 81.4 Å². The summed E-state index contributed by atoms with van der Waals surface area (Å²) in [5.41, 5.74) is 17.5. The van der Waals surface area contributed by atoms with Gasteiger partial charge in [0.1, 0.15) is 0 Å². The van der Waals surface area contributed by atoms with Crippen LogP contribution in [0.2, 0.25) is 0 Å². The Balaban J connectivity index is 0.000000226. The van der Waals surface area contributed by atoms with Gasteiger partial charge in [-0.2, -0.15) is 0 Å². The summed E-state index contributed by atoms with van der Waals surface area (Å²) in [6.07, 6.45) is 3.34. The van der Waals surface area contributed by atoms with Crippen molar-refractivity contribution in [3.05, 3.63) is 267 Å². The number of aromatic nitrogens is 6. The number of hydrogen-bond donors (Lipinski definition) is 8. The number of Topliss-reactive ketones (excluding diaryl/α,β-unsaturated/α-hetero) is 1. The number of carboxylic acid groups (broad SMARTS) is 1. The SMILES string of the molecule is C1CCOC1.Cc1[nH]c2ccccc2c1C(=O)O.Cc1cc(C)c(CCC(=O)c2c(C)[nH]c3ccccc23)c(=O)[nH]1.Cc1cc(C)c(CN)c(=O)[nH]1.Cc1cc(C)c(CNC(=O)c2c(C)n(S(=O)(=O)c3ccccc3)c3ccccc23)c(=O)[nH]1.O=S(=O)(Cl)c1ccccc1.[H-].[Na+]. The summed E-state index contributed by atoms with van der Waals surface area (Å²) in [5.74, 6) is -1.26. The maximum atomic E-state index is 13.4. The Hall–Kier alpha value is -8.71. The number of halogens is 1. The number of fused-ring (bicyclic) bond motifs is 3. The molecule has 0 atom stereocenters. The number of nitrogens with zero attached hydrogens (tertiary/aromatic N) is 1. The quantitative estimate of drug-likeness (QED) is 0.0322. The van der Waals surface area contributed by atoms with Gasteiger partial charge in [-0.25, -0.2) is 25.6 Å². The molecule has 0 unspecified atom stereocenters. The molecule has 0 saturated carbocycles. The van der Waals surface area contributed by atoms with E-state index in [1.807, 2.05) is 108 Å². The molecule has 1 saturated heterocycles. The third-order valence-corrected chi connectivity index (χ3v) is 18.6. The Morgan fingerprint density at radius 2 is 0.979 bits per heavy atom. The number of aromatic carboxylic acids is 1. The number of aryl methyl sites for hydroxylation is 8. The van der Waals surface area contributed by atoms with Crippen molar-refractivity contribution in [2.75, 3.05) is 13.2 Å². The molecule has 494 valence electrons. The number of amides is 1. The number of ether oxygens (including phenoxy) is 1. The van der Waals surface area contributed by atoms with Gasteiger partial charge >= 0.3 is 35.5 Å². The third-order valence-electron chi connectivity index (χ3n) is 15.4. The zero-order valence-electron chi connectivity index (χ0n) is 55.7. The Kier molecular flexibility index (Phi) is 27.0. The number of pyridine rings is 3. The number of carboxylic acids is 1. The first kappa shape index (κ1) is 75.3. The van der Waals surface area contributed by atoms with Gasteiger partial charge in [-0.15, -0.1) is 0 Å². The molecule has 95 heavy (non-hydrogen) atoms. The summed E-state index contributed by atoms with van der Waals surface area (Å²) in [5, 5.41) is 14.0. The second-order valence-electron chi connectivity index (χ2n) is 22.4. The van der Waals surface area contributed by atoms with Crippen LogP contribution in [0.3, 0.4) is 0 Å². The number of aromatic amines is 5. The van der Waals surface area contributed by atoms with Crippen LogP contribution in [0.5, 0.6) is 0 Å². The normalized spacial score (nSPS) is 11.7. The minimum atomic E-state index is -3.91. The first-order valence-corrected chi connectivity index (χ1v) is 33.8. The van der Waals surface area contributed by atoms with Crippen LogP contribution >= 0.6 is 10.7 Å². The zero-order valence-corrected chi connectivity index (χ0v) is 59.1. The largest absolute Gasteiger partial charge is 1.00 e.